The maximum Gasteiger partial charge on any atom is 0.341 e. The summed E-state index contributed by atoms with van der Waals surface area (Å²) < 4.78 is 4.91. The van der Waals surface area contributed by atoms with E-state index in [0.717, 1.165) is 29.7 Å². The molecule has 1 aliphatic rings. The molecule has 2 N–H and O–H groups in total. The second-order valence-corrected chi connectivity index (χ2v) is 7.15. The number of nitrogens with one attached hydrogen (secondary N) is 1. The maximum absolute atomic E-state index is 12.4. The molecule has 0 spiro atoms. The molecule has 0 saturated carbocycles. The lowest BCUT2D eigenvalue weighted by molar-refractivity contribution is 0.0601. The molecular weight excluding hydrogens is 326 g/mol. The smallest absolute Gasteiger partial charge is 0.341 e. The number of hydrogen-bond donors (Lipinski definition) is 2. The van der Waals surface area contributed by atoms with Gasteiger partial charge in [0.05, 0.1) is 12.7 Å². The molecule has 126 valence electrons. The Morgan fingerprint density at radius 2 is 2.00 bits per heavy atom. The highest BCUT2D eigenvalue weighted by Crippen LogP contribution is 2.40. The molecule has 1 aromatic carbocycles. The summed E-state index contributed by atoms with van der Waals surface area (Å²) in [7, 11) is 1.35. The predicted octanol–water partition coefficient (Wildman–Crippen LogP) is 3.62. The number of hydrogen-bond acceptors (Lipinski definition) is 5. The van der Waals surface area contributed by atoms with Crippen LogP contribution in [0.1, 0.15) is 44.5 Å². The zero-order valence-electron chi connectivity index (χ0n) is 13.6. The highest BCUT2D eigenvalue weighted by atomic mass is 32.1. The maximum atomic E-state index is 12.4. The van der Waals surface area contributed by atoms with Crippen LogP contribution < -0.4 is 5.32 Å². The number of fused-ring (bicyclic) bond motifs is 1. The van der Waals surface area contributed by atoms with Gasteiger partial charge in [-0.3, -0.25) is 4.79 Å². The molecule has 0 fully saturated rings. The lowest BCUT2D eigenvalue weighted by Gasteiger charge is -2.18. The zero-order chi connectivity index (χ0) is 17.3. The van der Waals surface area contributed by atoms with Gasteiger partial charge in [-0.05, 0) is 55.0 Å². The number of phenolic OH excluding ortho intramolecular Hbond substituents is 1. The van der Waals surface area contributed by atoms with Crippen LogP contribution in [0.2, 0.25) is 0 Å². The Kier molecular flexibility index (Phi) is 4.57. The number of methoxy groups -OCH3 is 1. The molecule has 0 radical (unpaired) electrons. The Morgan fingerprint density at radius 1 is 1.29 bits per heavy atom. The van der Waals surface area contributed by atoms with Crippen LogP contribution in [0, 0.1) is 5.92 Å². The quantitative estimate of drug-likeness (QED) is 0.833. The third-order valence-electron chi connectivity index (χ3n) is 4.26. The Hall–Kier alpha value is -2.34. The van der Waals surface area contributed by atoms with Crippen molar-refractivity contribution in [3.63, 3.8) is 0 Å². The molecule has 1 aliphatic carbocycles. The van der Waals surface area contributed by atoms with Gasteiger partial charge in [0.1, 0.15) is 10.8 Å². The Morgan fingerprint density at radius 3 is 2.67 bits per heavy atom. The number of aromatic hydroxyl groups is 1. The van der Waals surface area contributed by atoms with E-state index < -0.39 is 5.97 Å². The van der Waals surface area contributed by atoms with Crippen molar-refractivity contribution >= 4 is 28.2 Å². The predicted molar refractivity (Wildman–Crippen MR) is 92.9 cm³/mol. The summed E-state index contributed by atoms with van der Waals surface area (Å²) in [5.74, 6) is -0.0560. The number of rotatable bonds is 3. The molecule has 0 bridgehead atoms. The summed E-state index contributed by atoms with van der Waals surface area (Å²) in [4.78, 5) is 25.8. The van der Waals surface area contributed by atoms with Gasteiger partial charge in [0, 0.05) is 10.4 Å². The van der Waals surface area contributed by atoms with Crippen LogP contribution >= 0.6 is 11.3 Å². The first-order valence-corrected chi connectivity index (χ1v) is 8.64. The van der Waals surface area contributed by atoms with Crippen LogP contribution in [0.3, 0.4) is 0 Å². The van der Waals surface area contributed by atoms with Crippen molar-refractivity contribution in [2.45, 2.75) is 26.2 Å². The highest BCUT2D eigenvalue weighted by molar-refractivity contribution is 7.17. The van der Waals surface area contributed by atoms with Gasteiger partial charge in [-0.2, -0.15) is 0 Å². The minimum absolute atomic E-state index is 0.0994. The molecule has 1 amide bonds. The van der Waals surface area contributed by atoms with Crippen molar-refractivity contribution in [1.29, 1.82) is 0 Å². The second kappa shape index (κ2) is 6.65. The van der Waals surface area contributed by atoms with Gasteiger partial charge < -0.3 is 15.2 Å². The number of amides is 1. The fourth-order valence-electron chi connectivity index (χ4n) is 2.94. The Labute approximate surface area is 144 Å². The fraction of sp³-hybridized carbons (Fsp3) is 0.333. The van der Waals surface area contributed by atoms with Crippen molar-refractivity contribution in [3.05, 3.63) is 45.8 Å². The molecule has 0 saturated heterocycles. The molecule has 3 rings (SSSR count). The molecule has 6 heteroatoms. The third kappa shape index (κ3) is 3.14. The lowest BCUT2D eigenvalue weighted by Crippen LogP contribution is -2.16. The van der Waals surface area contributed by atoms with Crippen LogP contribution in [-0.2, 0) is 17.6 Å². The van der Waals surface area contributed by atoms with Crippen LogP contribution in [0.4, 0.5) is 5.00 Å². The summed E-state index contributed by atoms with van der Waals surface area (Å²) in [5, 5.41) is 12.7. The SMILES string of the molecule is COC(=O)c1c(NC(=O)c2ccc(O)cc2)sc2c1CCC(C)C2. The third-order valence-corrected chi connectivity index (χ3v) is 5.43. The van der Waals surface area contributed by atoms with E-state index in [2.05, 4.69) is 12.2 Å². The van der Waals surface area contributed by atoms with E-state index >= 15 is 0 Å². The summed E-state index contributed by atoms with van der Waals surface area (Å²) in [6, 6.07) is 5.99. The average Bonchev–Trinajstić information content (AvgIpc) is 2.91. The summed E-state index contributed by atoms with van der Waals surface area (Å²) in [5.41, 5.74) is 1.91. The van der Waals surface area contributed by atoms with Gasteiger partial charge in [-0.25, -0.2) is 4.79 Å². The average molecular weight is 345 g/mol. The number of thiophene rings is 1. The van der Waals surface area contributed by atoms with Crippen LogP contribution in [0.15, 0.2) is 24.3 Å². The van der Waals surface area contributed by atoms with E-state index in [4.69, 9.17) is 4.74 Å². The number of phenols is 1. The summed E-state index contributed by atoms with van der Waals surface area (Å²) in [6.07, 6.45) is 2.77. The minimum atomic E-state index is -0.414. The van der Waals surface area contributed by atoms with E-state index in [0.29, 0.717) is 22.0 Å². The van der Waals surface area contributed by atoms with Crippen molar-refractivity contribution in [3.8, 4) is 5.75 Å². The largest absolute Gasteiger partial charge is 0.508 e. The monoisotopic (exact) mass is 345 g/mol. The van der Waals surface area contributed by atoms with Crippen LogP contribution in [0.5, 0.6) is 5.75 Å². The number of anilines is 1. The standard InChI is InChI=1S/C18H19NO4S/c1-10-3-8-13-14(9-10)24-17(15(13)18(22)23-2)19-16(21)11-4-6-12(20)7-5-11/h4-7,10,20H,3,8-9H2,1-2H3,(H,19,21). The van der Waals surface area contributed by atoms with Gasteiger partial charge in [-0.15, -0.1) is 11.3 Å². The van der Waals surface area contributed by atoms with E-state index in [-0.39, 0.29) is 11.7 Å². The van der Waals surface area contributed by atoms with Crippen LogP contribution in [-0.4, -0.2) is 24.1 Å². The molecule has 1 unspecified atom stereocenters. The van der Waals surface area contributed by atoms with Crippen molar-refractivity contribution in [2.24, 2.45) is 5.92 Å². The fourth-order valence-corrected chi connectivity index (χ4v) is 4.34. The van der Waals surface area contributed by atoms with Crippen LogP contribution in [0.25, 0.3) is 0 Å². The van der Waals surface area contributed by atoms with Crippen molar-refractivity contribution < 1.29 is 19.4 Å². The normalized spacial score (nSPS) is 16.3. The number of ether oxygens (including phenoxy) is 1. The first-order valence-electron chi connectivity index (χ1n) is 7.82. The first-order chi connectivity index (χ1) is 11.5. The summed E-state index contributed by atoms with van der Waals surface area (Å²) >= 11 is 1.45. The van der Waals surface area contributed by atoms with E-state index in [1.54, 1.807) is 0 Å². The number of carbonyl (C=O) groups is 2. The van der Waals surface area contributed by atoms with E-state index in [1.807, 2.05) is 0 Å². The van der Waals surface area contributed by atoms with Gasteiger partial charge in [0.25, 0.3) is 5.91 Å². The number of benzene rings is 1. The molecular formula is C18H19NO4S. The first kappa shape index (κ1) is 16.5. The van der Waals surface area contributed by atoms with Crippen molar-refractivity contribution in [2.75, 3.05) is 12.4 Å². The van der Waals surface area contributed by atoms with Gasteiger partial charge in [-0.1, -0.05) is 6.92 Å². The topological polar surface area (TPSA) is 75.6 Å². The van der Waals surface area contributed by atoms with Gasteiger partial charge >= 0.3 is 5.97 Å². The molecule has 1 heterocycles. The Balaban J connectivity index is 1.93. The number of carbonyl (C=O) groups excluding carboxylic acids is 2. The summed E-state index contributed by atoms with van der Waals surface area (Å²) in [6.45, 7) is 2.19. The van der Waals surface area contributed by atoms with Gasteiger partial charge in [0.2, 0.25) is 0 Å². The number of esters is 1. The molecule has 0 aliphatic heterocycles. The molecule has 1 aromatic heterocycles. The lowest BCUT2D eigenvalue weighted by atomic mass is 9.88. The molecule has 24 heavy (non-hydrogen) atoms. The molecule has 1 atom stereocenters. The van der Waals surface area contributed by atoms with Gasteiger partial charge in [0.15, 0.2) is 0 Å². The zero-order valence-corrected chi connectivity index (χ0v) is 14.4. The van der Waals surface area contributed by atoms with E-state index in [1.165, 1.54) is 42.7 Å². The molecule has 2 aromatic rings. The minimum Gasteiger partial charge on any atom is -0.508 e. The second-order valence-electron chi connectivity index (χ2n) is 6.05. The van der Waals surface area contributed by atoms with E-state index in [9.17, 15) is 14.7 Å². The van der Waals surface area contributed by atoms with Crippen molar-refractivity contribution in [1.82, 2.24) is 0 Å². The Bertz CT molecular complexity index is 779. The molecule has 5 nitrogen and oxygen atoms in total. The highest BCUT2D eigenvalue weighted by Gasteiger charge is 2.29.